The highest BCUT2D eigenvalue weighted by Gasteiger charge is 2.24. The Bertz CT molecular complexity index is 1150. The molecule has 146 valence electrons. The van der Waals surface area contributed by atoms with Crippen LogP contribution in [-0.2, 0) is 11.4 Å². The first-order valence-electron chi connectivity index (χ1n) is 8.99. The first-order chi connectivity index (χ1) is 14.0. The lowest BCUT2D eigenvalue weighted by Gasteiger charge is -2.21. The van der Waals surface area contributed by atoms with Crippen LogP contribution in [0, 0.1) is 6.92 Å². The fraction of sp³-hybridized carbons (Fsp3) is 0.136. The van der Waals surface area contributed by atoms with E-state index in [4.69, 9.17) is 4.74 Å². The van der Waals surface area contributed by atoms with Gasteiger partial charge in [-0.1, -0.05) is 18.2 Å². The van der Waals surface area contributed by atoms with Crippen molar-refractivity contribution in [2.45, 2.75) is 20.5 Å². The second-order valence-electron chi connectivity index (χ2n) is 6.45. The number of rotatable bonds is 5. The quantitative estimate of drug-likeness (QED) is 0.430. The van der Waals surface area contributed by atoms with Crippen molar-refractivity contribution < 1.29 is 14.3 Å². The number of carbonyl (C=O) groups is 2. The highest BCUT2D eigenvalue weighted by Crippen LogP contribution is 2.29. The minimum absolute atomic E-state index is 0.321. The van der Waals surface area contributed by atoms with Crippen LogP contribution in [0.3, 0.4) is 0 Å². The Morgan fingerprint density at radius 3 is 2.62 bits per heavy atom. The van der Waals surface area contributed by atoms with Gasteiger partial charge in [0.15, 0.2) is 0 Å². The van der Waals surface area contributed by atoms with Crippen LogP contribution in [0.15, 0.2) is 60.0 Å². The van der Waals surface area contributed by atoms with Gasteiger partial charge in [0.1, 0.15) is 17.4 Å². The maximum atomic E-state index is 12.8. The maximum absolute atomic E-state index is 12.8. The fourth-order valence-corrected chi connectivity index (χ4v) is 4.56. The van der Waals surface area contributed by atoms with Crippen molar-refractivity contribution in [2.24, 2.45) is 0 Å². The van der Waals surface area contributed by atoms with Gasteiger partial charge in [-0.15, -0.1) is 22.7 Å². The van der Waals surface area contributed by atoms with E-state index in [1.807, 2.05) is 42.6 Å². The zero-order chi connectivity index (χ0) is 20.4. The van der Waals surface area contributed by atoms with E-state index in [0.29, 0.717) is 22.9 Å². The first kappa shape index (κ1) is 19.3. The number of thiophene rings is 1. The van der Waals surface area contributed by atoms with Gasteiger partial charge in [-0.05, 0) is 54.3 Å². The van der Waals surface area contributed by atoms with Gasteiger partial charge in [-0.2, -0.15) is 0 Å². The summed E-state index contributed by atoms with van der Waals surface area (Å²) in [4.78, 5) is 31.2. The number of carbonyl (C=O) groups excluding carboxylic acids is 2. The van der Waals surface area contributed by atoms with Crippen LogP contribution in [0.25, 0.3) is 10.2 Å². The topological polar surface area (TPSA) is 59.5 Å². The van der Waals surface area contributed by atoms with Crippen molar-refractivity contribution in [3.8, 4) is 5.75 Å². The van der Waals surface area contributed by atoms with Crippen LogP contribution < -0.4 is 9.64 Å². The molecule has 0 aliphatic carbocycles. The largest absolute Gasteiger partial charge is 0.486 e. The maximum Gasteiger partial charge on any atom is 0.275 e. The Balaban J connectivity index is 1.53. The van der Waals surface area contributed by atoms with Crippen molar-refractivity contribution in [3.05, 3.63) is 75.4 Å². The molecule has 2 heterocycles. The Hall–Kier alpha value is -3.03. The summed E-state index contributed by atoms with van der Waals surface area (Å²) in [6.07, 6.45) is 0. The highest BCUT2D eigenvalue weighted by molar-refractivity contribution is 7.18. The molecular formula is C22H18N2O3S2. The van der Waals surface area contributed by atoms with E-state index in [9.17, 15) is 9.59 Å². The molecule has 0 unspecified atom stereocenters. The Morgan fingerprint density at radius 2 is 1.93 bits per heavy atom. The molecule has 0 atom stereocenters. The van der Waals surface area contributed by atoms with Crippen LogP contribution in [0.1, 0.15) is 27.2 Å². The number of aromatic nitrogens is 1. The molecule has 4 aromatic rings. The number of ether oxygens (including phenoxy) is 1. The summed E-state index contributed by atoms with van der Waals surface area (Å²) in [6.45, 7) is 3.61. The van der Waals surface area contributed by atoms with Crippen molar-refractivity contribution in [1.29, 1.82) is 0 Å². The average Bonchev–Trinajstić information content (AvgIpc) is 3.37. The van der Waals surface area contributed by atoms with E-state index < -0.39 is 0 Å². The Morgan fingerprint density at radius 1 is 1.10 bits per heavy atom. The molecule has 5 nitrogen and oxygen atoms in total. The number of para-hydroxylation sites is 1. The molecule has 0 spiro atoms. The molecule has 7 heteroatoms. The third-order valence-electron chi connectivity index (χ3n) is 4.36. The third-order valence-corrected chi connectivity index (χ3v) is 6.23. The normalized spacial score (nSPS) is 10.8. The lowest BCUT2D eigenvalue weighted by atomic mass is 10.1. The standard InChI is InChI=1S/C22H18N2O3S2/c1-14-12-16(27-13-21-23-17-6-3-4-7-19(17)29-21)9-10-18(14)24(15(2)25)22(26)20-8-5-11-28-20/h3-12H,13H2,1-2H3. The smallest absolute Gasteiger partial charge is 0.275 e. The molecular weight excluding hydrogens is 404 g/mol. The number of imide groups is 1. The minimum Gasteiger partial charge on any atom is -0.486 e. The zero-order valence-corrected chi connectivity index (χ0v) is 17.5. The van der Waals surface area contributed by atoms with E-state index in [-0.39, 0.29) is 11.8 Å². The predicted molar refractivity (Wildman–Crippen MR) is 117 cm³/mol. The lowest BCUT2D eigenvalue weighted by Crippen LogP contribution is -2.35. The van der Waals surface area contributed by atoms with E-state index in [1.54, 1.807) is 35.6 Å². The predicted octanol–water partition coefficient (Wildman–Crippen LogP) is 5.44. The lowest BCUT2D eigenvalue weighted by molar-refractivity contribution is -0.115. The summed E-state index contributed by atoms with van der Waals surface area (Å²) < 4.78 is 7.02. The SMILES string of the molecule is CC(=O)N(C(=O)c1cccs1)c1ccc(OCc2nc3ccccc3s2)cc1C. The second-order valence-corrected chi connectivity index (χ2v) is 8.51. The molecule has 2 aromatic carbocycles. The van der Waals surface area contributed by atoms with Crippen molar-refractivity contribution in [1.82, 2.24) is 4.98 Å². The monoisotopic (exact) mass is 422 g/mol. The Kier molecular flexibility index (Phi) is 5.42. The zero-order valence-electron chi connectivity index (χ0n) is 15.9. The molecule has 4 rings (SSSR count). The van der Waals surface area contributed by atoms with Gasteiger partial charge in [-0.3, -0.25) is 9.59 Å². The van der Waals surface area contributed by atoms with E-state index in [1.165, 1.54) is 23.2 Å². The summed E-state index contributed by atoms with van der Waals surface area (Å²) >= 11 is 2.92. The number of nitrogens with zero attached hydrogens (tertiary/aromatic N) is 2. The number of aryl methyl sites for hydroxylation is 1. The van der Waals surface area contributed by atoms with Crippen molar-refractivity contribution >= 4 is 50.4 Å². The van der Waals surface area contributed by atoms with E-state index in [2.05, 4.69) is 4.98 Å². The minimum atomic E-state index is -0.324. The molecule has 0 saturated heterocycles. The van der Waals surface area contributed by atoms with E-state index >= 15 is 0 Å². The van der Waals surface area contributed by atoms with Crippen molar-refractivity contribution in [2.75, 3.05) is 4.90 Å². The van der Waals surface area contributed by atoms with Gasteiger partial charge < -0.3 is 4.74 Å². The molecule has 0 N–H and O–H groups in total. The van der Waals surface area contributed by atoms with Gasteiger partial charge in [0.2, 0.25) is 5.91 Å². The van der Waals surface area contributed by atoms with Crippen LogP contribution in [0.2, 0.25) is 0 Å². The summed E-state index contributed by atoms with van der Waals surface area (Å²) in [6, 6.07) is 16.8. The molecule has 0 aliphatic heterocycles. The van der Waals surface area contributed by atoms with Crippen LogP contribution >= 0.6 is 22.7 Å². The average molecular weight is 423 g/mol. The molecule has 2 amide bonds. The number of fused-ring (bicyclic) bond motifs is 1. The number of anilines is 1. The molecule has 0 saturated carbocycles. The van der Waals surface area contributed by atoms with Gasteiger partial charge in [0.05, 0.1) is 20.8 Å². The van der Waals surface area contributed by atoms with E-state index in [0.717, 1.165) is 20.8 Å². The third kappa shape index (κ3) is 4.06. The number of thiazole rings is 1. The first-order valence-corrected chi connectivity index (χ1v) is 10.7. The highest BCUT2D eigenvalue weighted by atomic mass is 32.1. The van der Waals surface area contributed by atoms with Gasteiger partial charge in [-0.25, -0.2) is 9.88 Å². The fourth-order valence-electron chi connectivity index (χ4n) is 3.03. The molecule has 29 heavy (non-hydrogen) atoms. The number of hydrogen-bond donors (Lipinski definition) is 0. The van der Waals surface area contributed by atoms with Gasteiger partial charge in [0, 0.05) is 6.92 Å². The number of amides is 2. The summed E-state index contributed by atoms with van der Waals surface area (Å²) in [7, 11) is 0. The summed E-state index contributed by atoms with van der Waals surface area (Å²) in [5, 5.41) is 2.71. The molecule has 0 bridgehead atoms. The second kappa shape index (κ2) is 8.14. The molecule has 0 radical (unpaired) electrons. The summed E-state index contributed by atoms with van der Waals surface area (Å²) in [5.74, 6) is 0.0194. The number of benzene rings is 2. The van der Waals surface area contributed by atoms with Crippen LogP contribution in [0.4, 0.5) is 5.69 Å². The Labute approximate surface area is 176 Å². The van der Waals surface area contributed by atoms with Crippen molar-refractivity contribution in [3.63, 3.8) is 0 Å². The van der Waals surface area contributed by atoms with Gasteiger partial charge in [0.25, 0.3) is 5.91 Å². The molecule has 0 fully saturated rings. The molecule has 2 aromatic heterocycles. The van der Waals surface area contributed by atoms with Gasteiger partial charge >= 0.3 is 0 Å². The van der Waals surface area contributed by atoms with Crippen LogP contribution in [0.5, 0.6) is 5.75 Å². The molecule has 0 aliphatic rings. The summed E-state index contributed by atoms with van der Waals surface area (Å²) in [5.41, 5.74) is 2.31. The number of hydrogen-bond acceptors (Lipinski definition) is 6. The van der Waals surface area contributed by atoms with Crippen LogP contribution in [-0.4, -0.2) is 16.8 Å².